The molecule has 0 saturated heterocycles. The molecular formula is C21H17NO3. The van der Waals surface area contributed by atoms with Gasteiger partial charge in [-0.1, -0.05) is 48.5 Å². The lowest BCUT2D eigenvalue weighted by atomic mass is 10.1. The van der Waals surface area contributed by atoms with E-state index in [0.29, 0.717) is 18.7 Å². The number of carbonyl (C=O) groups is 1. The molecule has 124 valence electrons. The topological polar surface area (TPSA) is 49.8 Å². The summed E-state index contributed by atoms with van der Waals surface area (Å²) in [5.74, 6) is 0.708. The minimum Gasteiger partial charge on any atom is -0.478 e. The molecule has 4 nitrogen and oxygen atoms in total. The van der Waals surface area contributed by atoms with Crippen molar-refractivity contribution in [1.29, 1.82) is 0 Å². The first-order valence-corrected chi connectivity index (χ1v) is 8.13. The average Bonchev–Trinajstić information content (AvgIpc) is 2.78. The van der Waals surface area contributed by atoms with Crippen molar-refractivity contribution in [1.82, 2.24) is 0 Å². The molecule has 0 atom stereocenters. The van der Waals surface area contributed by atoms with Crippen LogP contribution in [0.4, 0.5) is 5.69 Å². The summed E-state index contributed by atoms with van der Waals surface area (Å²) in [6.07, 6.45) is 0. The fraction of sp³-hybridized carbons (Fsp3) is 0.0952. The zero-order valence-electron chi connectivity index (χ0n) is 13.6. The number of aromatic carboxylic acids is 1. The van der Waals surface area contributed by atoms with Crippen molar-refractivity contribution in [3.05, 3.63) is 89.5 Å². The van der Waals surface area contributed by atoms with Gasteiger partial charge in [0, 0.05) is 18.7 Å². The van der Waals surface area contributed by atoms with Gasteiger partial charge in [0.25, 0.3) is 0 Å². The van der Waals surface area contributed by atoms with Gasteiger partial charge in [-0.15, -0.1) is 0 Å². The van der Waals surface area contributed by atoms with Crippen LogP contribution in [0.1, 0.15) is 21.5 Å². The van der Waals surface area contributed by atoms with Crippen molar-refractivity contribution in [2.24, 2.45) is 0 Å². The van der Waals surface area contributed by atoms with Gasteiger partial charge in [0.1, 0.15) is 5.75 Å². The summed E-state index contributed by atoms with van der Waals surface area (Å²) in [4.78, 5) is 13.7. The van der Waals surface area contributed by atoms with Crippen LogP contribution in [0, 0.1) is 0 Å². The lowest BCUT2D eigenvalue weighted by Crippen LogP contribution is -2.22. The van der Waals surface area contributed by atoms with E-state index < -0.39 is 5.97 Å². The maximum absolute atomic E-state index is 11.5. The second-order valence-electron chi connectivity index (χ2n) is 6.00. The largest absolute Gasteiger partial charge is 0.478 e. The average molecular weight is 331 g/mol. The Hall–Kier alpha value is -3.27. The van der Waals surface area contributed by atoms with Crippen LogP contribution in [0.25, 0.3) is 0 Å². The first-order valence-electron chi connectivity index (χ1n) is 8.13. The van der Waals surface area contributed by atoms with Crippen LogP contribution < -0.4 is 9.64 Å². The Balaban J connectivity index is 1.78. The van der Waals surface area contributed by atoms with E-state index in [2.05, 4.69) is 4.90 Å². The molecule has 0 aromatic heterocycles. The zero-order chi connectivity index (χ0) is 17.2. The van der Waals surface area contributed by atoms with Gasteiger partial charge in [0.05, 0.1) is 11.3 Å². The van der Waals surface area contributed by atoms with Gasteiger partial charge in [-0.05, 0) is 29.8 Å². The van der Waals surface area contributed by atoms with E-state index in [9.17, 15) is 9.90 Å². The molecule has 4 rings (SSSR count). The first kappa shape index (κ1) is 15.3. The molecule has 0 spiro atoms. The summed E-state index contributed by atoms with van der Waals surface area (Å²) in [5.41, 5.74) is 3.15. The highest BCUT2D eigenvalue weighted by molar-refractivity contribution is 5.89. The standard InChI is InChI=1S/C21H17NO3/c23-21(24)17-9-3-1-7-15(17)13-22-14-16-8-2-5-11-19(16)25-20-12-6-4-10-18(20)22/h1-12H,13-14H2,(H,23,24). The number of rotatable bonds is 3. The molecule has 3 aromatic rings. The number of hydrogen-bond donors (Lipinski definition) is 1. The third kappa shape index (κ3) is 2.94. The summed E-state index contributed by atoms with van der Waals surface area (Å²) in [6, 6.07) is 22.9. The van der Waals surface area contributed by atoms with Crippen LogP contribution in [0.15, 0.2) is 72.8 Å². The Kier molecular flexibility index (Phi) is 3.86. The van der Waals surface area contributed by atoms with E-state index in [1.807, 2.05) is 60.7 Å². The normalized spacial score (nSPS) is 12.6. The minimum atomic E-state index is -0.907. The third-order valence-electron chi connectivity index (χ3n) is 4.37. The van der Waals surface area contributed by atoms with Gasteiger partial charge in [-0.25, -0.2) is 4.79 Å². The van der Waals surface area contributed by atoms with Gasteiger partial charge in [0.15, 0.2) is 5.75 Å². The molecule has 3 aromatic carbocycles. The SMILES string of the molecule is O=C(O)c1ccccc1CN1Cc2ccccc2Oc2ccccc21. The molecule has 0 bridgehead atoms. The molecule has 1 aliphatic rings. The Morgan fingerprint density at radius 1 is 0.920 bits per heavy atom. The summed E-state index contributed by atoms with van der Waals surface area (Å²) in [5, 5.41) is 9.46. The fourth-order valence-electron chi connectivity index (χ4n) is 3.16. The number of benzene rings is 3. The highest BCUT2D eigenvalue weighted by Crippen LogP contribution is 2.39. The number of para-hydroxylation sites is 3. The van der Waals surface area contributed by atoms with E-state index >= 15 is 0 Å². The number of carboxylic acids is 1. The third-order valence-corrected chi connectivity index (χ3v) is 4.37. The maximum atomic E-state index is 11.5. The van der Waals surface area contributed by atoms with Crippen molar-refractivity contribution in [2.75, 3.05) is 4.90 Å². The number of fused-ring (bicyclic) bond motifs is 2. The molecule has 1 N–H and O–H groups in total. The highest BCUT2D eigenvalue weighted by Gasteiger charge is 2.21. The molecule has 0 radical (unpaired) electrons. The minimum absolute atomic E-state index is 0.332. The second-order valence-corrected chi connectivity index (χ2v) is 6.00. The maximum Gasteiger partial charge on any atom is 0.336 e. The molecule has 0 amide bonds. The number of ether oxygens (including phenoxy) is 1. The van der Waals surface area contributed by atoms with E-state index in [0.717, 1.165) is 28.3 Å². The van der Waals surface area contributed by atoms with E-state index in [1.165, 1.54) is 0 Å². The molecular weight excluding hydrogens is 314 g/mol. The molecule has 25 heavy (non-hydrogen) atoms. The predicted molar refractivity (Wildman–Crippen MR) is 96.2 cm³/mol. The zero-order valence-corrected chi connectivity index (χ0v) is 13.6. The molecule has 1 aliphatic heterocycles. The van der Waals surface area contributed by atoms with Crippen molar-refractivity contribution in [3.8, 4) is 11.5 Å². The predicted octanol–water partition coefficient (Wildman–Crippen LogP) is 4.70. The van der Waals surface area contributed by atoms with Crippen molar-refractivity contribution >= 4 is 11.7 Å². The van der Waals surface area contributed by atoms with Crippen LogP contribution in [0.3, 0.4) is 0 Å². The quantitative estimate of drug-likeness (QED) is 0.756. The fourth-order valence-corrected chi connectivity index (χ4v) is 3.16. The van der Waals surface area contributed by atoms with E-state index in [4.69, 9.17) is 4.74 Å². The van der Waals surface area contributed by atoms with Crippen molar-refractivity contribution in [3.63, 3.8) is 0 Å². The van der Waals surface area contributed by atoms with Crippen LogP contribution in [0.5, 0.6) is 11.5 Å². The number of hydrogen-bond acceptors (Lipinski definition) is 3. The van der Waals surface area contributed by atoms with Gasteiger partial charge in [-0.3, -0.25) is 0 Å². The molecule has 0 fully saturated rings. The molecule has 0 aliphatic carbocycles. The number of anilines is 1. The Morgan fingerprint density at radius 3 is 2.44 bits per heavy atom. The second kappa shape index (κ2) is 6.32. The van der Waals surface area contributed by atoms with Crippen LogP contribution in [-0.4, -0.2) is 11.1 Å². The molecule has 0 unspecified atom stereocenters. The van der Waals surface area contributed by atoms with Crippen LogP contribution >= 0.6 is 0 Å². The summed E-state index contributed by atoms with van der Waals surface area (Å²) >= 11 is 0. The lowest BCUT2D eigenvalue weighted by molar-refractivity contribution is 0.0695. The summed E-state index contributed by atoms with van der Waals surface area (Å²) in [6.45, 7) is 1.15. The molecule has 1 heterocycles. The van der Waals surface area contributed by atoms with Crippen LogP contribution in [-0.2, 0) is 13.1 Å². The Bertz CT molecular complexity index is 936. The van der Waals surface area contributed by atoms with Crippen molar-refractivity contribution < 1.29 is 14.6 Å². The number of carboxylic acid groups (broad SMARTS) is 1. The van der Waals surface area contributed by atoms with Crippen molar-refractivity contribution in [2.45, 2.75) is 13.1 Å². The Labute approximate surface area is 145 Å². The van der Waals surface area contributed by atoms with E-state index in [-0.39, 0.29) is 0 Å². The molecule has 4 heteroatoms. The van der Waals surface area contributed by atoms with E-state index in [1.54, 1.807) is 12.1 Å². The molecule has 0 saturated carbocycles. The van der Waals surface area contributed by atoms with Gasteiger partial charge < -0.3 is 14.7 Å². The monoisotopic (exact) mass is 331 g/mol. The first-order chi connectivity index (χ1) is 12.2. The van der Waals surface area contributed by atoms with Gasteiger partial charge >= 0.3 is 5.97 Å². The van der Waals surface area contributed by atoms with Gasteiger partial charge in [-0.2, -0.15) is 0 Å². The highest BCUT2D eigenvalue weighted by atomic mass is 16.5. The summed E-state index contributed by atoms with van der Waals surface area (Å²) in [7, 11) is 0. The van der Waals surface area contributed by atoms with Gasteiger partial charge in [0.2, 0.25) is 0 Å². The summed E-state index contributed by atoms with van der Waals surface area (Å²) < 4.78 is 6.09. The Morgan fingerprint density at radius 2 is 1.60 bits per heavy atom. The lowest BCUT2D eigenvalue weighted by Gasteiger charge is -2.24. The smallest absolute Gasteiger partial charge is 0.336 e. The van der Waals surface area contributed by atoms with Crippen LogP contribution in [0.2, 0.25) is 0 Å². The number of nitrogens with zero attached hydrogens (tertiary/aromatic N) is 1.